The zero-order valence-corrected chi connectivity index (χ0v) is 25.9. The number of carboxylic acid groups (broad SMARTS) is 2. The van der Waals surface area contributed by atoms with E-state index >= 15 is 0 Å². The number of carboxylic acids is 2. The first kappa shape index (κ1) is 34.6. The third kappa shape index (κ3) is 7.87. The number of aromatic hydroxyl groups is 5. The van der Waals surface area contributed by atoms with E-state index in [9.17, 15) is 54.9 Å². The molecule has 0 fully saturated rings. The Morgan fingerprint density at radius 2 is 1.22 bits per heavy atom. The van der Waals surface area contributed by atoms with Crippen LogP contribution in [-0.4, -0.2) is 71.8 Å². The van der Waals surface area contributed by atoms with Crippen LogP contribution in [0.25, 0.3) is 6.08 Å². The van der Waals surface area contributed by atoms with Gasteiger partial charge in [0.05, 0.1) is 0 Å². The van der Waals surface area contributed by atoms with Crippen molar-refractivity contribution < 1.29 is 69.1 Å². The highest BCUT2D eigenvalue weighted by Gasteiger charge is 2.46. The monoisotopic (exact) mass is 686 g/mol. The number of phenols is 5. The van der Waals surface area contributed by atoms with Gasteiger partial charge in [-0.05, 0) is 70.8 Å². The number of phenolic OH excluding ortho intramolecular Hbond substituents is 5. The lowest BCUT2D eigenvalue weighted by molar-refractivity contribution is -0.166. The van der Waals surface area contributed by atoms with Gasteiger partial charge >= 0.3 is 23.9 Å². The first-order valence-corrected chi connectivity index (χ1v) is 15.0. The molecule has 4 aromatic rings. The van der Waals surface area contributed by atoms with Crippen molar-refractivity contribution in [2.45, 2.75) is 37.1 Å². The van der Waals surface area contributed by atoms with Gasteiger partial charge in [-0.1, -0.05) is 36.4 Å². The zero-order valence-electron chi connectivity index (χ0n) is 25.9. The Bertz CT molecular complexity index is 1950. The maximum atomic E-state index is 13.9. The SMILES string of the molecule is O=C(/C=C\c1ccc(O)c2c1C(C(=O)OC(Cc1ccc(O)cc1)C(=O)O)C(c1ccc(O)c(O)c1)O2)OC(Cc1ccc(O)cc1)C(=O)O. The molecule has 14 nitrogen and oxygen atoms in total. The minimum atomic E-state index is -1.71. The molecule has 0 radical (unpaired) electrons. The van der Waals surface area contributed by atoms with E-state index in [0.717, 1.165) is 18.2 Å². The van der Waals surface area contributed by atoms with Crippen LogP contribution in [0, 0.1) is 0 Å². The van der Waals surface area contributed by atoms with E-state index in [-0.39, 0.29) is 46.8 Å². The molecule has 50 heavy (non-hydrogen) atoms. The van der Waals surface area contributed by atoms with E-state index in [1.165, 1.54) is 72.8 Å². The molecule has 1 heterocycles. The number of carbonyl (C=O) groups is 4. The molecule has 0 saturated carbocycles. The van der Waals surface area contributed by atoms with Crippen LogP contribution in [0.5, 0.6) is 34.5 Å². The van der Waals surface area contributed by atoms with Crippen molar-refractivity contribution in [3.63, 3.8) is 0 Å². The van der Waals surface area contributed by atoms with E-state index in [4.69, 9.17) is 14.2 Å². The second kappa shape index (κ2) is 14.6. The summed E-state index contributed by atoms with van der Waals surface area (Å²) in [6, 6.07) is 17.3. The summed E-state index contributed by atoms with van der Waals surface area (Å²) < 4.78 is 16.6. The van der Waals surface area contributed by atoms with Crippen LogP contribution >= 0.6 is 0 Å². The summed E-state index contributed by atoms with van der Waals surface area (Å²) in [7, 11) is 0. The first-order valence-electron chi connectivity index (χ1n) is 15.0. The number of carbonyl (C=O) groups excluding carboxylic acids is 2. The summed E-state index contributed by atoms with van der Waals surface area (Å²) in [5.74, 6) is -8.37. The maximum Gasteiger partial charge on any atom is 0.345 e. The van der Waals surface area contributed by atoms with Gasteiger partial charge in [-0.25, -0.2) is 14.4 Å². The fourth-order valence-corrected chi connectivity index (χ4v) is 5.36. The topological polar surface area (TPSA) is 238 Å². The summed E-state index contributed by atoms with van der Waals surface area (Å²) >= 11 is 0. The van der Waals surface area contributed by atoms with Crippen molar-refractivity contribution >= 4 is 30.0 Å². The highest BCUT2D eigenvalue weighted by atomic mass is 16.6. The van der Waals surface area contributed by atoms with Crippen molar-refractivity contribution in [2.75, 3.05) is 0 Å². The fraction of sp³-hybridized carbons (Fsp3) is 0.167. The van der Waals surface area contributed by atoms with Crippen LogP contribution in [0.4, 0.5) is 0 Å². The van der Waals surface area contributed by atoms with Gasteiger partial charge in [0.2, 0.25) is 12.2 Å². The zero-order chi connectivity index (χ0) is 36.1. The number of hydrogen-bond donors (Lipinski definition) is 7. The molecule has 0 aromatic heterocycles. The van der Waals surface area contributed by atoms with Crippen molar-refractivity contribution in [3.8, 4) is 34.5 Å². The Kier molecular flexibility index (Phi) is 10.1. The summed E-state index contributed by atoms with van der Waals surface area (Å²) in [6.07, 6.45) is -3.04. The fourth-order valence-electron chi connectivity index (χ4n) is 5.36. The number of esters is 2. The molecule has 1 aliphatic rings. The lowest BCUT2D eigenvalue weighted by Crippen LogP contribution is -2.32. The predicted octanol–water partition coefficient (Wildman–Crippen LogP) is 3.92. The summed E-state index contributed by atoms with van der Waals surface area (Å²) in [5, 5.41) is 69.4. The Labute approximate surface area is 283 Å². The first-order chi connectivity index (χ1) is 23.8. The normalized spacial score (nSPS) is 16.2. The molecule has 0 aliphatic carbocycles. The smallest absolute Gasteiger partial charge is 0.345 e. The molecule has 0 saturated heterocycles. The average molecular weight is 687 g/mol. The Balaban J connectivity index is 1.47. The summed E-state index contributed by atoms with van der Waals surface area (Å²) in [4.78, 5) is 50.8. The molecule has 0 bridgehead atoms. The highest BCUT2D eigenvalue weighted by Crippen LogP contribution is 2.53. The summed E-state index contributed by atoms with van der Waals surface area (Å²) in [5.41, 5.74) is 1.12. The molecule has 7 N–H and O–H groups in total. The second-order valence-corrected chi connectivity index (χ2v) is 11.3. The van der Waals surface area contributed by atoms with Gasteiger partial charge in [-0.2, -0.15) is 0 Å². The van der Waals surface area contributed by atoms with Gasteiger partial charge in [0, 0.05) is 24.5 Å². The molecular formula is C36H30O14. The Hall–Kier alpha value is -6.70. The van der Waals surface area contributed by atoms with Gasteiger partial charge in [0.15, 0.2) is 23.0 Å². The van der Waals surface area contributed by atoms with Gasteiger partial charge in [-0.3, -0.25) is 4.79 Å². The van der Waals surface area contributed by atoms with E-state index in [1.807, 2.05) is 0 Å². The van der Waals surface area contributed by atoms with Gasteiger partial charge < -0.3 is 50.0 Å². The standard InChI is InChI=1S/C36H30O14/c37-22-8-1-18(2-9-22)15-27(34(43)44)48-29(42)14-7-20-5-13-25(40)33-30(20)31(32(50-33)21-6-12-24(39)26(41)17-21)36(47)49-28(35(45)46)16-19-3-10-23(38)11-4-19/h1-14,17,27-28,31-32,37-41H,15-16H2,(H,43,44)(H,45,46)/b14-7-. The molecule has 258 valence electrons. The Morgan fingerprint density at radius 3 is 1.76 bits per heavy atom. The molecule has 4 atom stereocenters. The van der Waals surface area contributed by atoms with Crippen LogP contribution in [0.2, 0.25) is 0 Å². The van der Waals surface area contributed by atoms with E-state index in [2.05, 4.69) is 0 Å². The molecule has 5 rings (SSSR count). The molecule has 1 aliphatic heterocycles. The third-order valence-corrected chi connectivity index (χ3v) is 7.83. The van der Waals surface area contributed by atoms with Crippen LogP contribution < -0.4 is 4.74 Å². The number of hydrogen-bond acceptors (Lipinski definition) is 12. The molecule has 0 amide bonds. The van der Waals surface area contributed by atoms with Crippen molar-refractivity contribution in [1.29, 1.82) is 0 Å². The quantitative estimate of drug-likeness (QED) is 0.0635. The number of benzene rings is 4. The molecule has 14 heteroatoms. The van der Waals surface area contributed by atoms with Crippen LogP contribution in [0.3, 0.4) is 0 Å². The van der Waals surface area contributed by atoms with Crippen LogP contribution in [0.15, 0.2) is 84.9 Å². The minimum absolute atomic E-state index is 0.0238. The predicted molar refractivity (Wildman–Crippen MR) is 172 cm³/mol. The molecular weight excluding hydrogens is 656 g/mol. The lowest BCUT2D eigenvalue weighted by atomic mass is 9.87. The average Bonchev–Trinajstić information content (AvgIpc) is 3.49. The number of ether oxygens (including phenoxy) is 3. The number of rotatable bonds is 12. The lowest BCUT2D eigenvalue weighted by Gasteiger charge is -2.22. The Morgan fingerprint density at radius 1 is 0.680 bits per heavy atom. The molecule has 0 spiro atoms. The van der Waals surface area contributed by atoms with Gasteiger partial charge in [0.25, 0.3) is 0 Å². The van der Waals surface area contributed by atoms with E-state index in [1.54, 1.807) is 0 Å². The molecule has 4 aromatic carbocycles. The van der Waals surface area contributed by atoms with Crippen molar-refractivity contribution in [1.82, 2.24) is 0 Å². The summed E-state index contributed by atoms with van der Waals surface area (Å²) in [6.45, 7) is 0. The van der Waals surface area contributed by atoms with E-state index in [0.29, 0.717) is 11.1 Å². The highest BCUT2D eigenvalue weighted by molar-refractivity contribution is 5.92. The van der Waals surface area contributed by atoms with Crippen LogP contribution in [-0.2, 0) is 41.5 Å². The maximum absolute atomic E-state index is 13.9. The largest absolute Gasteiger partial charge is 0.508 e. The second-order valence-electron chi connectivity index (χ2n) is 11.3. The number of aliphatic carboxylic acids is 2. The van der Waals surface area contributed by atoms with Gasteiger partial charge in [-0.15, -0.1) is 0 Å². The van der Waals surface area contributed by atoms with Crippen molar-refractivity contribution in [3.05, 3.63) is 113 Å². The van der Waals surface area contributed by atoms with Gasteiger partial charge in [0.1, 0.15) is 23.5 Å². The third-order valence-electron chi connectivity index (χ3n) is 7.83. The van der Waals surface area contributed by atoms with Crippen LogP contribution in [0.1, 0.15) is 39.8 Å². The molecule has 4 unspecified atom stereocenters. The van der Waals surface area contributed by atoms with E-state index < -0.39 is 65.4 Å². The number of fused-ring (bicyclic) bond motifs is 1. The minimum Gasteiger partial charge on any atom is -0.508 e. The van der Waals surface area contributed by atoms with Crippen molar-refractivity contribution in [2.24, 2.45) is 0 Å².